The normalized spacial score (nSPS) is 16.5. The molecule has 0 spiro atoms. The van der Waals surface area contributed by atoms with E-state index in [1.807, 2.05) is 37.4 Å². The van der Waals surface area contributed by atoms with E-state index >= 15 is 0 Å². The van der Waals surface area contributed by atoms with Crippen molar-refractivity contribution in [2.75, 3.05) is 36.1 Å². The van der Waals surface area contributed by atoms with E-state index in [0.29, 0.717) is 41.2 Å². The molecule has 0 bridgehead atoms. The van der Waals surface area contributed by atoms with Crippen molar-refractivity contribution in [1.82, 2.24) is 9.88 Å². The lowest BCUT2D eigenvalue weighted by Crippen LogP contribution is -2.35. The summed E-state index contributed by atoms with van der Waals surface area (Å²) < 4.78 is 47.0. The van der Waals surface area contributed by atoms with Crippen LogP contribution in [0.4, 0.5) is 35.9 Å². The summed E-state index contributed by atoms with van der Waals surface area (Å²) >= 11 is 0. The Kier molecular flexibility index (Phi) is 7.88. The number of ether oxygens (including phenoxy) is 1. The van der Waals surface area contributed by atoms with E-state index in [4.69, 9.17) is 4.74 Å². The summed E-state index contributed by atoms with van der Waals surface area (Å²) in [5.41, 5.74) is 3.41. The number of rotatable bonds is 7. The Bertz CT molecular complexity index is 1720. The fraction of sp³-hybridized carbons (Fsp3) is 0.212. The van der Waals surface area contributed by atoms with Crippen LogP contribution in [0.3, 0.4) is 0 Å². The van der Waals surface area contributed by atoms with Gasteiger partial charge in [0.15, 0.2) is 0 Å². The maximum absolute atomic E-state index is 13.7. The molecule has 2 aliphatic heterocycles. The standard InChI is InChI=1S/C33H30F3N5O3/c1-41-12-9-26(10-13-41)44-27-15-20(14-21(16-27)33(34,35)36)31(42)39-24-5-2-4-23(17-24)38-25-7-8-28-29(18-22-6-3-11-37-22)32(43)40-30(28)19-25/h2-8,11,14-19,26,37-38H,9-10,12-13H2,1H3,(H,39,42)(H,40,43). The van der Waals surface area contributed by atoms with Gasteiger partial charge in [-0.1, -0.05) is 12.1 Å². The zero-order chi connectivity index (χ0) is 30.8. The predicted octanol–water partition coefficient (Wildman–Crippen LogP) is 7.00. The minimum Gasteiger partial charge on any atom is -0.490 e. The molecule has 44 heavy (non-hydrogen) atoms. The molecular weight excluding hydrogens is 571 g/mol. The number of nitrogens with one attached hydrogen (secondary N) is 4. The molecule has 1 fully saturated rings. The zero-order valence-corrected chi connectivity index (χ0v) is 23.8. The van der Waals surface area contributed by atoms with Gasteiger partial charge in [-0.05, 0) is 86.6 Å². The van der Waals surface area contributed by atoms with Gasteiger partial charge in [-0.25, -0.2) is 0 Å². The first-order chi connectivity index (χ1) is 21.1. The van der Waals surface area contributed by atoms with E-state index in [1.165, 1.54) is 6.07 Å². The minimum atomic E-state index is -4.64. The van der Waals surface area contributed by atoms with Gasteiger partial charge in [0.25, 0.3) is 11.8 Å². The summed E-state index contributed by atoms with van der Waals surface area (Å²) in [6, 6.07) is 19.1. The minimum absolute atomic E-state index is 0.0181. The summed E-state index contributed by atoms with van der Waals surface area (Å²) in [6.07, 6.45) is 0.0912. The van der Waals surface area contributed by atoms with Crippen LogP contribution < -0.4 is 20.7 Å². The number of hydrogen-bond donors (Lipinski definition) is 4. The van der Waals surface area contributed by atoms with Gasteiger partial charge < -0.3 is 30.6 Å². The molecule has 2 aliphatic rings. The van der Waals surface area contributed by atoms with Gasteiger partial charge in [-0.3, -0.25) is 9.59 Å². The second kappa shape index (κ2) is 11.9. The first kappa shape index (κ1) is 29.1. The molecule has 0 atom stereocenters. The average Bonchev–Trinajstić information content (AvgIpc) is 3.61. The highest BCUT2D eigenvalue weighted by molar-refractivity contribution is 6.35. The predicted molar refractivity (Wildman–Crippen MR) is 164 cm³/mol. The number of amides is 2. The summed E-state index contributed by atoms with van der Waals surface area (Å²) in [4.78, 5) is 30.9. The lowest BCUT2D eigenvalue weighted by molar-refractivity contribution is -0.137. The number of likely N-dealkylation sites (tertiary alicyclic amines) is 1. The molecule has 2 amide bonds. The lowest BCUT2D eigenvalue weighted by Gasteiger charge is -2.29. The first-order valence-electron chi connectivity index (χ1n) is 14.2. The van der Waals surface area contributed by atoms with Gasteiger partial charge in [-0.2, -0.15) is 13.2 Å². The molecule has 11 heteroatoms. The maximum Gasteiger partial charge on any atom is 0.416 e. The van der Waals surface area contributed by atoms with Crippen molar-refractivity contribution in [3.8, 4) is 5.75 Å². The maximum atomic E-state index is 13.7. The Hall–Kier alpha value is -5.03. The van der Waals surface area contributed by atoms with Crippen molar-refractivity contribution in [1.29, 1.82) is 0 Å². The number of benzene rings is 3. The fourth-order valence-corrected chi connectivity index (χ4v) is 5.31. The summed E-state index contributed by atoms with van der Waals surface area (Å²) in [5.74, 6) is -0.876. The van der Waals surface area contributed by atoms with E-state index in [9.17, 15) is 22.8 Å². The van der Waals surface area contributed by atoms with E-state index in [-0.39, 0.29) is 23.3 Å². The number of hydrogen-bond acceptors (Lipinski definition) is 5. The smallest absolute Gasteiger partial charge is 0.416 e. The Balaban J connectivity index is 1.17. The summed E-state index contributed by atoms with van der Waals surface area (Å²) in [6.45, 7) is 1.57. The highest BCUT2D eigenvalue weighted by Gasteiger charge is 2.33. The SMILES string of the molecule is CN1CCC(Oc2cc(C(=O)Nc3cccc(Nc4ccc5c(c4)NC(=O)C5=Cc4ccc[nH]4)c3)cc(C(F)(F)F)c2)CC1. The molecule has 6 rings (SSSR count). The van der Waals surface area contributed by atoms with Gasteiger partial charge in [0.1, 0.15) is 11.9 Å². The van der Waals surface area contributed by atoms with Crippen LogP contribution in [0.15, 0.2) is 79.0 Å². The van der Waals surface area contributed by atoms with Gasteiger partial charge in [-0.15, -0.1) is 0 Å². The van der Waals surface area contributed by atoms with Crippen molar-refractivity contribution in [2.24, 2.45) is 0 Å². The number of aromatic nitrogens is 1. The van der Waals surface area contributed by atoms with Crippen molar-refractivity contribution in [3.05, 3.63) is 101 Å². The van der Waals surface area contributed by atoms with Crippen LogP contribution in [0.25, 0.3) is 11.6 Å². The number of aromatic amines is 1. The molecule has 226 valence electrons. The third-order valence-corrected chi connectivity index (χ3v) is 7.60. The first-order valence-corrected chi connectivity index (χ1v) is 14.2. The van der Waals surface area contributed by atoms with Crippen LogP contribution in [0, 0.1) is 0 Å². The van der Waals surface area contributed by atoms with Crippen LogP contribution in [-0.2, 0) is 11.0 Å². The lowest BCUT2D eigenvalue weighted by atomic mass is 10.1. The monoisotopic (exact) mass is 601 g/mol. The topological polar surface area (TPSA) is 98.5 Å². The molecule has 0 radical (unpaired) electrons. The van der Waals surface area contributed by atoms with E-state index in [2.05, 4.69) is 25.8 Å². The second-order valence-electron chi connectivity index (χ2n) is 10.9. The van der Waals surface area contributed by atoms with Gasteiger partial charge in [0.05, 0.1) is 16.8 Å². The summed E-state index contributed by atoms with van der Waals surface area (Å²) in [7, 11) is 1.98. The Labute approximate surface area is 251 Å². The van der Waals surface area contributed by atoms with Gasteiger partial charge in [0.2, 0.25) is 0 Å². The highest BCUT2D eigenvalue weighted by atomic mass is 19.4. The number of H-pyrrole nitrogens is 1. The molecule has 1 aromatic heterocycles. The molecular formula is C33H30F3N5O3. The van der Waals surface area contributed by atoms with Crippen LogP contribution >= 0.6 is 0 Å². The molecule has 0 saturated carbocycles. The van der Waals surface area contributed by atoms with Crippen molar-refractivity contribution >= 4 is 46.2 Å². The number of halogens is 3. The Morgan fingerprint density at radius 1 is 0.977 bits per heavy atom. The Morgan fingerprint density at radius 2 is 1.75 bits per heavy atom. The van der Waals surface area contributed by atoms with Crippen molar-refractivity contribution < 1.29 is 27.5 Å². The van der Waals surface area contributed by atoms with E-state index in [1.54, 1.807) is 36.5 Å². The van der Waals surface area contributed by atoms with Crippen LogP contribution in [0.2, 0.25) is 0 Å². The van der Waals surface area contributed by atoms with Crippen LogP contribution in [0.5, 0.6) is 5.75 Å². The number of piperidine rings is 1. The van der Waals surface area contributed by atoms with E-state index in [0.717, 1.165) is 36.5 Å². The quantitative estimate of drug-likeness (QED) is 0.171. The average molecular weight is 602 g/mol. The number of nitrogens with zero attached hydrogens (tertiary/aromatic N) is 1. The van der Waals surface area contributed by atoms with Crippen molar-refractivity contribution in [2.45, 2.75) is 25.1 Å². The third-order valence-electron chi connectivity index (χ3n) is 7.60. The summed E-state index contributed by atoms with van der Waals surface area (Å²) in [5, 5.41) is 8.82. The van der Waals surface area contributed by atoms with Crippen LogP contribution in [-0.4, -0.2) is 47.9 Å². The number of fused-ring (bicyclic) bond motifs is 1. The van der Waals surface area contributed by atoms with Crippen molar-refractivity contribution in [3.63, 3.8) is 0 Å². The molecule has 1 saturated heterocycles. The van der Waals surface area contributed by atoms with Crippen LogP contribution in [0.1, 0.15) is 40.0 Å². The molecule has 3 aromatic carbocycles. The molecule has 8 nitrogen and oxygen atoms in total. The van der Waals surface area contributed by atoms with Gasteiger partial charge >= 0.3 is 6.18 Å². The van der Waals surface area contributed by atoms with E-state index < -0.39 is 17.6 Å². The largest absolute Gasteiger partial charge is 0.490 e. The number of anilines is 4. The zero-order valence-electron chi connectivity index (χ0n) is 23.8. The third kappa shape index (κ3) is 6.63. The molecule has 3 heterocycles. The number of carbonyl (C=O) groups excluding carboxylic acids is 2. The second-order valence-corrected chi connectivity index (χ2v) is 10.9. The number of carbonyl (C=O) groups is 2. The molecule has 0 unspecified atom stereocenters. The number of alkyl halides is 3. The fourth-order valence-electron chi connectivity index (χ4n) is 5.31. The molecule has 4 N–H and O–H groups in total. The Morgan fingerprint density at radius 3 is 2.50 bits per heavy atom. The molecule has 0 aliphatic carbocycles. The highest BCUT2D eigenvalue weighted by Crippen LogP contribution is 2.36. The molecule has 4 aromatic rings. The van der Waals surface area contributed by atoms with Gasteiger partial charge in [0, 0.05) is 53.2 Å².